The van der Waals surface area contributed by atoms with Crippen molar-refractivity contribution >= 4 is 12.0 Å². The normalized spacial score (nSPS) is 17.1. The molecule has 122 valence electrons. The number of hydrogen-bond acceptors (Lipinski definition) is 3. The number of amides is 2. The van der Waals surface area contributed by atoms with Crippen molar-refractivity contribution in [1.29, 1.82) is 0 Å². The number of nitrogens with one attached hydrogen (secondary N) is 1. The van der Waals surface area contributed by atoms with Crippen LogP contribution in [0.1, 0.15) is 46.0 Å². The van der Waals surface area contributed by atoms with E-state index >= 15 is 0 Å². The minimum atomic E-state index is -0.758. The molecule has 1 fully saturated rings. The summed E-state index contributed by atoms with van der Waals surface area (Å²) in [6.07, 6.45) is 4.39. The number of carbonyl (C=O) groups excluding carboxylic acids is 1. The van der Waals surface area contributed by atoms with Gasteiger partial charge in [-0.1, -0.05) is 13.3 Å². The number of aliphatic carboxylic acids is 1. The molecule has 1 saturated carbocycles. The SMILES string of the molecule is COCCN(C(=O)NC(C)CCCC(C)C(=O)O)C1CC1. The van der Waals surface area contributed by atoms with Gasteiger partial charge in [-0.3, -0.25) is 4.79 Å². The maximum atomic E-state index is 12.2. The zero-order valence-electron chi connectivity index (χ0n) is 13.3. The third-order valence-electron chi connectivity index (χ3n) is 3.85. The van der Waals surface area contributed by atoms with Gasteiger partial charge < -0.3 is 20.1 Å². The van der Waals surface area contributed by atoms with Crippen LogP contribution in [0.25, 0.3) is 0 Å². The maximum absolute atomic E-state index is 12.2. The molecule has 0 aromatic carbocycles. The molecule has 0 radical (unpaired) electrons. The molecule has 2 atom stereocenters. The Labute approximate surface area is 126 Å². The number of rotatable bonds is 10. The van der Waals surface area contributed by atoms with Gasteiger partial charge in [-0.25, -0.2) is 4.79 Å². The standard InChI is InChI=1S/C15H28N2O4/c1-11(14(18)19)5-4-6-12(2)16-15(20)17(9-10-21-3)13-7-8-13/h11-13H,4-10H2,1-3H3,(H,16,20)(H,18,19). The molecule has 0 bridgehead atoms. The first-order valence-corrected chi connectivity index (χ1v) is 7.74. The Bertz CT molecular complexity index is 345. The van der Waals surface area contributed by atoms with Gasteiger partial charge in [0.25, 0.3) is 0 Å². The molecule has 1 aliphatic carbocycles. The summed E-state index contributed by atoms with van der Waals surface area (Å²) >= 11 is 0. The molecule has 2 amide bonds. The monoisotopic (exact) mass is 300 g/mol. The number of carbonyl (C=O) groups is 2. The molecular weight excluding hydrogens is 272 g/mol. The molecule has 0 aromatic rings. The van der Waals surface area contributed by atoms with Crippen LogP contribution in [-0.2, 0) is 9.53 Å². The van der Waals surface area contributed by atoms with E-state index in [0.717, 1.165) is 25.7 Å². The zero-order valence-corrected chi connectivity index (χ0v) is 13.3. The number of nitrogens with zero attached hydrogens (tertiary/aromatic N) is 1. The fourth-order valence-corrected chi connectivity index (χ4v) is 2.25. The molecule has 1 rings (SSSR count). The average molecular weight is 300 g/mol. The fourth-order valence-electron chi connectivity index (χ4n) is 2.25. The Morgan fingerprint density at radius 1 is 1.33 bits per heavy atom. The molecule has 0 spiro atoms. The minimum absolute atomic E-state index is 0.0340. The van der Waals surface area contributed by atoms with Crippen molar-refractivity contribution in [2.24, 2.45) is 5.92 Å². The van der Waals surface area contributed by atoms with Gasteiger partial charge in [0.05, 0.1) is 12.5 Å². The van der Waals surface area contributed by atoms with Crippen molar-refractivity contribution in [3.8, 4) is 0 Å². The van der Waals surface area contributed by atoms with E-state index in [0.29, 0.717) is 25.6 Å². The van der Waals surface area contributed by atoms with E-state index in [9.17, 15) is 9.59 Å². The Kier molecular flexibility index (Phi) is 7.50. The predicted molar refractivity (Wildman–Crippen MR) is 80.2 cm³/mol. The van der Waals surface area contributed by atoms with Gasteiger partial charge >= 0.3 is 12.0 Å². The molecule has 0 saturated heterocycles. The third-order valence-corrected chi connectivity index (χ3v) is 3.85. The summed E-state index contributed by atoms with van der Waals surface area (Å²) in [6, 6.07) is 0.384. The highest BCUT2D eigenvalue weighted by Crippen LogP contribution is 2.26. The van der Waals surface area contributed by atoms with Gasteiger partial charge in [-0.2, -0.15) is 0 Å². The van der Waals surface area contributed by atoms with Gasteiger partial charge in [0.15, 0.2) is 0 Å². The zero-order chi connectivity index (χ0) is 15.8. The van der Waals surface area contributed by atoms with E-state index in [2.05, 4.69) is 5.32 Å². The number of hydrogen-bond donors (Lipinski definition) is 2. The second-order valence-electron chi connectivity index (χ2n) is 5.94. The van der Waals surface area contributed by atoms with Gasteiger partial charge in [0.1, 0.15) is 0 Å². The molecule has 0 aliphatic heterocycles. The maximum Gasteiger partial charge on any atom is 0.317 e. The molecule has 1 aliphatic rings. The number of carboxylic acids is 1. The highest BCUT2D eigenvalue weighted by molar-refractivity contribution is 5.75. The molecule has 21 heavy (non-hydrogen) atoms. The fraction of sp³-hybridized carbons (Fsp3) is 0.867. The van der Waals surface area contributed by atoms with E-state index in [4.69, 9.17) is 9.84 Å². The topological polar surface area (TPSA) is 78.9 Å². The smallest absolute Gasteiger partial charge is 0.317 e. The second-order valence-corrected chi connectivity index (χ2v) is 5.94. The van der Waals surface area contributed by atoms with E-state index in [1.165, 1.54) is 0 Å². The molecule has 0 aromatic heterocycles. The summed E-state index contributed by atoms with van der Waals surface area (Å²) in [4.78, 5) is 24.8. The lowest BCUT2D eigenvalue weighted by Crippen LogP contribution is -2.46. The average Bonchev–Trinajstić information content (AvgIpc) is 3.23. The highest BCUT2D eigenvalue weighted by atomic mass is 16.5. The van der Waals surface area contributed by atoms with Gasteiger partial charge in [-0.05, 0) is 32.6 Å². The van der Waals surface area contributed by atoms with Crippen molar-refractivity contribution in [3.05, 3.63) is 0 Å². The van der Waals surface area contributed by atoms with Crippen LogP contribution < -0.4 is 5.32 Å². The lowest BCUT2D eigenvalue weighted by Gasteiger charge is -2.25. The van der Waals surface area contributed by atoms with Crippen molar-refractivity contribution < 1.29 is 19.4 Å². The number of ether oxygens (including phenoxy) is 1. The van der Waals surface area contributed by atoms with Crippen LogP contribution >= 0.6 is 0 Å². The summed E-state index contributed by atoms with van der Waals surface area (Å²) in [6.45, 7) is 4.85. The Hall–Kier alpha value is -1.30. The lowest BCUT2D eigenvalue weighted by molar-refractivity contribution is -0.141. The van der Waals surface area contributed by atoms with Crippen LogP contribution in [0.3, 0.4) is 0 Å². The van der Waals surface area contributed by atoms with E-state index in [-0.39, 0.29) is 18.0 Å². The first kappa shape index (κ1) is 17.8. The van der Waals surface area contributed by atoms with Crippen LogP contribution in [0.5, 0.6) is 0 Å². The summed E-state index contributed by atoms with van der Waals surface area (Å²) in [7, 11) is 1.63. The first-order valence-electron chi connectivity index (χ1n) is 7.74. The molecule has 2 N–H and O–H groups in total. The lowest BCUT2D eigenvalue weighted by atomic mass is 10.0. The van der Waals surface area contributed by atoms with Crippen molar-refractivity contribution in [2.75, 3.05) is 20.3 Å². The van der Waals surface area contributed by atoms with Crippen molar-refractivity contribution in [2.45, 2.75) is 58.0 Å². The number of carboxylic acid groups (broad SMARTS) is 1. The molecule has 6 heteroatoms. The van der Waals surface area contributed by atoms with Crippen molar-refractivity contribution in [3.63, 3.8) is 0 Å². The molecule has 0 heterocycles. The van der Waals surface area contributed by atoms with Crippen molar-refractivity contribution in [1.82, 2.24) is 10.2 Å². The largest absolute Gasteiger partial charge is 0.481 e. The Morgan fingerprint density at radius 2 is 2.00 bits per heavy atom. The first-order chi connectivity index (χ1) is 9.95. The second kappa shape index (κ2) is 8.87. The highest BCUT2D eigenvalue weighted by Gasteiger charge is 2.32. The molecule has 2 unspecified atom stereocenters. The third kappa shape index (κ3) is 6.80. The quantitative estimate of drug-likeness (QED) is 0.647. The Balaban J connectivity index is 2.26. The van der Waals surface area contributed by atoms with Crippen LogP contribution in [0.4, 0.5) is 4.79 Å². The van der Waals surface area contributed by atoms with E-state index < -0.39 is 5.97 Å². The summed E-state index contributed by atoms with van der Waals surface area (Å²) < 4.78 is 5.04. The summed E-state index contributed by atoms with van der Waals surface area (Å²) in [5.41, 5.74) is 0. The predicted octanol–water partition coefficient (Wildman–Crippen LogP) is 2.09. The Morgan fingerprint density at radius 3 is 2.52 bits per heavy atom. The van der Waals surface area contributed by atoms with Gasteiger partial charge in [0.2, 0.25) is 0 Å². The van der Waals surface area contributed by atoms with E-state index in [1.807, 2.05) is 11.8 Å². The van der Waals surface area contributed by atoms with Crippen LogP contribution in [0, 0.1) is 5.92 Å². The van der Waals surface area contributed by atoms with E-state index in [1.54, 1.807) is 14.0 Å². The van der Waals surface area contributed by atoms with Crippen LogP contribution in [0.15, 0.2) is 0 Å². The van der Waals surface area contributed by atoms with Crippen LogP contribution in [-0.4, -0.2) is 54.4 Å². The number of methoxy groups -OCH3 is 1. The summed E-state index contributed by atoms with van der Waals surface area (Å²) in [5, 5.41) is 11.8. The van der Waals surface area contributed by atoms with Gasteiger partial charge in [-0.15, -0.1) is 0 Å². The summed E-state index contributed by atoms with van der Waals surface area (Å²) in [5.74, 6) is -1.08. The molecule has 6 nitrogen and oxygen atoms in total. The van der Waals surface area contributed by atoms with Crippen LogP contribution in [0.2, 0.25) is 0 Å². The van der Waals surface area contributed by atoms with Gasteiger partial charge in [0, 0.05) is 25.7 Å². The molecular formula is C15H28N2O4. The number of urea groups is 1. The minimum Gasteiger partial charge on any atom is -0.481 e.